The molecular weight excluding hydrogens is 462 g/mol. The SMILES string of the molecule is COc1ccc(NC(=O)CC2C(=O)N(c3cccc(OC)c3)C(=O)N2Cc2cccc(OC)c2)cc1. The molecule has 9 heteroatoms. The van der Waals surface area contributed by atoms with Crippen LogP contribution >= 0.6 is 0 Å². The molecule has 4 amide bonds. The van der Waals surface area contributed by atoms with Gasteiger partial charge in [0.25, 0.3) is 5.91 Å². The molecule has 0 bridgehead atoms. The van der Waals surface area contributed by atoms with Gasteiger partial charge in [-0.3, -0.25) is 9.59 Å². The molecule has 0 radical (unpaired) electrons. The van der Waals surface area contributed by atoms with E-state index < -0.39 is 23.9 Å². The van der Waals surface area contributed by atoms with Gasteiger partial charge < -0.3 is 24.4 Å². The molecular formula is C27H27N3O6. The standard InChI is InChI=1S/C27H27N3O6/c1-34-21-12-10-19(11-13-21)28-25(31)16-24-26(32)30(20-7-5-9-23(15-20)36-3)27(33)29(24)17-18-6-4-8-22(14-18)35-2/h4-15,24H,16-17H2,1-3H3,(H,28,31). The van der Waals surface area contributed by atoms with Gasteiger partial charge in [0.2, 0.25) is 5.91 Å². The van der Waals surface area contributed by atoms with Crippen LogP contribution in [0.4, 0.5) is 16.2 Å². The van der Waals surface area contributed by atoms with Crippen LogP contribution in [0.25, 0.3) is 0 Å². The number of nitrogens with zero attached hydrogens (tertiary/aromatic N) is 2. The van der Waals surface area contributed by atoms with E-state index in [-0.39, 0.29) is 13.0 Å². The fraction of sp³-hybridized carbons (Fsp3) is 0.222. The Hall–Kier alpha value is -4.53. The lowest BCUT2D eigenvalue weighted by Gasteiger charge is -2.22. The van der Waals surface area contributed by atoms with Gasteiger partial charge in [-0.05, 0) is 54.1 Å². The number of carbonyl (C=O) groups excluding carboxylic acids is 3. The van der Waals surface area contributed by atoms with Crippen LogP contribution in [0.2, 0.25) is 0 Å². The number of benzene rings is 3. The average Bonchev–Trinajstić information content (AvgIpc) is 3.13. The van der Waals surface area contributed by atoms with Crippen molar-refractivity contribution in [3.63, 3.8) is 0 Å². The normalized spacial score (nSPS) is 15.1. The third kappa shape index (κ3) is 5.25. The van der Waals surface area contributed by atoms with Crippen molar-refractivity contribution < 1.29 is 28.6 Å². The number of carbonyl (C=O) groups is 3. The summed E-state index contributed by atoms with van der Waals surface area (Å²) in [5, 5.41) is 2.79. The first-order valence-electron chi connectivity index (χ1n) is 11.3. The Morgan fingerprint density at radius 3 is 2.14 bits per heavy atom. The molecule has 9 nitrogen and oxygen atoms in total. The Labute approximate surface area is 209 Å². The number of methoxy groups -OCH3 is 3. The maximum absolute atomic E-state index is 13.5. The van der Waals surface area contributed by atoms with Gasteiger partial charge in [-0.25, -0.2) is 9.69 Å². The quantitative estimate of drug-likeness (QED) is 0.455. The molecule has 0 spiro atoms. The number of amides is 4. The van der Waals surface area contributed by atoms with E-state index in [9.17, 15) is 14.4 Å². The van der Waals surface area contributed by atoms with E-state index in [0.29, 0.717) is 28.6 Å². The summed E-state index contributed by atoms with van der Waals surface area (Å²) in [6, 6.07) is 19.3. The van der Waals surface area contributed by atoms with E-state index in [1.54, 1.807) is 74.9 Å². The Bertz CT molecular complexity index is 1260. The van der Waals surface area contributed by atoms with Crippen LogP contribution < -0.4 is 24.4 Å². The number of nitrogens with one attached hydrogen (secondary N) is 1. The molecule has 1 atom stereocenters. The fourth-order valence-electron chi connectivity index (χ4n) is 4.03. The Morgan fingerprint density at radius 2 is 1.47 bits per heavy atom. The zero-order chi connectivity index (χ0) is 25.7. The van der Waals surface area contributed by atoms with Crippen molar-refractivity contribution >= 4 is 29.2 Å². The van der Waals surface area contributed by atoms with Crippen molar-refractivity contribution in [2.45, 2.75) is 19.0 Å². The molecule has 36 heavy (non-hydrogen) atoms. The smallest absolute Gasteiger partial charge is 0.332 e. The first kappa shape index (κ1) is 24.6. The number of imide groups is 1. The molecule has 3 aromatic rings. The van der Waals surface area contributed by atoms with Crippen LogP contribution in [0.15, 0.2) is 72.8 Å². The monoisotopic (exact) mass is 489 g/mol. The van der Waals surface area contributed by atoms with Crippen molar-refractivity contribution in [1.82, 2.24) is 4.90 Å². The highest BCUT2D eigenvalue weighted by Crippen LogP contribution is 2.31. The van der Waals surface area contributed by atoms with Crippen molar-refractivity contribution in [3.05, 3.63) is 78.4 Å². The highest BCUT2D eigenvalue weighted by Gasteiger charge is 2.46. The van der Waals surface area contributed by atoms with Gasteiger partial charge in [0, 0.05) is 18.3 Å². The molecule has 0 aromatic heterocycles. The van der Waals surface area contributed by atoms with Crippen molar-refractivity contribution in [3.8, 4) is 17.2 Å². The number of hydrogen-bond acceptors (Lipinski definition) is 6. The molecule has 1 aliphatic heterocycles. The Morgan fingerprint density at radius 1 is 0.833 bits per heavy atom. The van der Waals surface area contributed by atoms with Gasteiger partial charge in [-0.15, -0.1) is 0 Å². The molecule has 0 aliphatic carbocycles. The molecule has 4 rings (SSSR count). The summed E-state index contributed by atoms with van der Waals surface area (Å²) in [7, 11) is 4.62. The van der Waals surface area contributed by atoms with Crippen LogP contribution in [0.5, 0.6) is 17.2 Å². The lowest BCUT2D eigenvalue weighted by atomic mass is 10.1. The van der Waals surface area contributed by atoms with Gasteiger partial charge in [-0.1, -0.05) is 18.2 Å². The van der Waals surface area contributed by atoms with E-state index in [0.717, 1.165) is 10.5 Å². The predicted molar refractivity (Wildman–Crippen MR) is 134 cm³/mol. The van der Waals surface area contributed by atoms with Crippen LogP contribution in [0.3, 0.4) is 0 Å². The maximum Gasteiger partial charge on any atom is 0.332 e. The summed E-state index contributed by atoms with van der Waals surface area (Å²) in [4.78, 5) is 42.4. The van der Waals surface area contributed by atoms with Crippen molar-refractivity contribution in [2.75, 3.05) is 31.5 Å². The van der Waals surface area contributed by atoms with Crippen LogP contribution in [0, 0.1) is 0 Å². The second kappa shape index (κ2) is 10.8. The van der Waals surface area contributed by atoms with E-state index in [1.165, 1.54) is 12.0 Å². The van der Waals surface area contributed by atoms with Crippen molar-refractivity contribution in [2.24, 2.45) is 0 Å². The van der Waals surface area contributed by atoms with Crippen LogP contribution in [0.1, 0.15) is 12.0 Å². The second-order valence-electron chi connectivity index (χ2n) is 8.13. The Kier molecular flexibility index (Phi) is 7.39. The van der Waals surface area contributed by atoms with E-state index in [4.69, 9.17) is 14.2 Å². The topological polar surface area (TPSA) is 97.4 Å². The van der Waals surface area contributed by atoms with Gasteiger partial charge in [-0.2, -0.15) is 0 Å². The molecule has 1 saturated heterocycles. The molecule has 0 saturated carbocycles. The van der Waals surface area contributed by atoms with Gasteiger partial charge >= 0.3 is 6.03 Å². The number of anilines is 2. The minimum absolute atomic E-state index is 0.128. The van der Waals surface area contributed by atoms with Gasteiger partial charge in [0.05, 0.1) is 33.4 Å². The molecule has 1 N–H and O–H groups in total. The number of ether oxygens (including phenoxy) is 3. The number of rotatable bonds is 9. The molecule has 3 aromatic carbocycles. The number of hydrogen-bond donors (Lipinski definition) is 1. The summed E-state index contributed by atoms with van der Waals surface area (Å²) in [5.41, 5.74) is 1.70. The van der Waals surface area contributed by atoms with Crippen molar-refractivity contribution in [1.29, 1.82) is 0 Å². The lowest BCUT2D eigenvalue weighted by Crippen LogP contribution is -2.37. The third-order valence-corrected chi connectivity index (χ3v) is 5.87. The summed E-state index contributed by atoms with van der Waals surface area (Å²) in [5.74, 6) is 0.913. The minimum Gasteiger partial charge on any atom is -0.497 e. The van der Waals surface area contributed by atoms with E-state index in [1.807, 2.05) is 12.1 Å². The number of urea groups is 1. The van der Waals surface area contributed by atoms with Gasteiger partial charge in [0.1, 0.15) is 23.3 Å². The summed E-state index contributed by atoms with van der Waals surface area (Å²) in [6.07, 6.45) is -0.207. The lowest BCUT2D eigenvalue weighted by molar-refractivity contribution is -0.124. The third-order valence-electron chi connectivity index (χ3n) is 5.87. The minimum atomic E-state index is -0.992. The van der Waals surface area contributed by atoms with Crippen LogP contribution in [-0.2, 0) is 16.1 Å². The zero-order valence-electron chi connectivity index (χ0n) is 20.3. The Balaban J connectivity index is 1.61. The largest absolute Gasteiger partial charge is 0.497 e. The summed E-state index contributed by atoms with van der Waals surface area (Å²) in [6.45, 7) is 0.128. The van der Waals surface area contributed by atoms with E-state index in [2.05, 4.69) is 5.32 Å². The molecule has 1 aliphatic rings. The molecule has 1 heterocycles. The predicted octanol–water partition coefficient (Wildman–Crippen LogP) is 4.08. The average molecular weight is 490 g/mol. The molecule has 1 unspecified atom stereocenters. The second-order valence-corrected chi connectivity index (χ2v) is 8.13. The fourth-order valence-corrected chi connectivity index (χ4v) is 4.03. The zero-order valence-corrected chi connectivity index (χ0v) is 20.3. The van der Waals surface area contributed by atoms with Crippen LogP contribution in [-0.4, -0.2) is 50.1 Å². The summed E-state index contributed by atoms with van der Waals surface area (Å²) >= 11 is 0. The van der Waals surface area contributed by atoms with Gasteiger partial charge in [0.15, 0.2) is 0 Å². The van der Waals surface area contributed by atoms with E-state index >= 15 is 0 Å². The molecule has 186 valence electrons. The summed E-state index contributed by atoms with van der Waals surface area (Å²) < 4.78 is 15.7. The first-order valence-corrected chi connectivity index (χ1v) is 11.3. The highest BCUT2D eigenvalue weighted by atomic mass is 16.5. The maximum atomic E-state index is 13.5. The molecule has 1 fully saturated rings. The first-order chi connectivity index (χ1) is 17.4. The highest BCUT2D eigenvalue weighted by molar-refractivity contribution is 6.22.